The van der Waals surface area contributed by atoms with Crippen LogP contribution in [0.15, 0.2) is 0 Å². The molecule has 0 radical (unpaired) electrons. The zero-order valence-corrected chi connectivity index (χ0v) is 8.26. The number of hydrogen-bond acceptors (Lipinski definition) is 2. The summed E-state index contributed by atoms with van der Waals surface area (Å²) in [5.74, 6) is 0.138. The molecule has 0 saturated heterocycles. The van der Waals surface area contributed by atoms with E-state index in [0.29, 0.717) is 11.6 Å². The summed E-state index contributed by atoms with van der Waals surface area (Å²) in [6, 6.07) is 0. The maximum absolute atomic E-state index is 13.3. The number of nitrogens with one attached hydrogen (secondary N) is 1. The lowest BCUT2D eigenvalue weighted by atomic mass is 9.90. The third-order valence-corrected chi connectivity index (χ3v) is 2.37. The van der Waals surface area contributed by atoms with Gasteiger partial charge in [-0.1, -0.05) is 20.8 Å². The number of nitrogens with zero attached hydrogens (tertiary/aromatic N) is 1. The van der Waals surface area contributed by atoms with Crippen molar-refractivity contribution in [3.63, 3.8) is 0 Å². The van der Waals surface area contributed by atoms with Gasteiger partial charge >= 0.3 is 0 Å². The zero-order valence-electron chi connectivity index (χ0n) is 8.26. The normalized spacial score (nSPS) is 13.6. The molecule has 1 rings (SSSR count). The largest absolute Gasteiger partial charge is 0.380 e. The number of H-pyrrole nitrogens is 1. The monoisotopic (exact) mass is 185 g/mol. The zero-order chi connectivity index (χ0) is 10.0. The van der Waals surface area contributed by atoms with E-state index in [9.17, 15) is 4.39 Å². The Morgan fingerprint density at radius 1 is 1.54 bits per heavy atom. The van der Waals surface area contributed by atoms with Crippen molar-refractivity contribution in [2.75, 3.05) is 5.73 Å². The first kappa shape index (κ1) is 10.0. The fourth-order valence-corrected chi connectivity index (χ4v) is 1.61. The van der Waals surface area contributed by atoms with Crippen molar-refractivity contribution in [3.05, 3.63) is 11.5 Å². The average Bonchev–Trinajstić information content (AvgIpc) is 2.37. The van der Waals surface area contributed by atoms with Gasteiger partial charge in [-0.3, -0.25) is 5.10 Å². The van der Waals surface area contributed by atoms with E-state index in [1.807, 2.05) is 6.92 Å². The minimum Gasteiger partial charge on any atom is -0.380 e. The number of hydrogen-bond donors (Lipinski definition) is 2. The Balaban J connectivity index is 2.98. The number of halogens is 1. The van der Waals surface area contributed by atoms with Gasteiger partial charge in [0.05, 0.1) is 5.69 Å². The van der Waals surface area contributed by atoms with Gasteiger partial charge in [0, 0.05) is 5.92 Å². The first-order valence-corrected chi connectivity index (χ1v) is 4.57. The third-order valence-electron chi connectivity index (χ3n) is 2.37. The van der Waals surface area contributed by atoms with Gasteiger partial charge in [-0.05, 0) is 12.3 Å². The highest BCUT2D eigenvalue weighted by Gasteiger charge is 2.21. The molecular formula is C9H16FN3. The molecule has 0 aliphatic carbocycles. The lowest BCUT2D eigenvalue weighted by molar-refractivity contribution is 0.453. The SMILES string of the molecule is CCC(c1[nH]nc(N)c1F)C(C)C. The Bertz CT molecular complexity index is 280. The molecule has 0 bridgehead atoms. The van der Waals surface area contributed by atoms with Crippen LogP contribution in [-0.2, 0) is 0 Å². The quantitative estimate of drug-likeness (QED) is 0.759. The molecule has 0 aliphatic heterocycles. The summed E-state index contributed by atoms with van der Waals surface area (Å²) in [7, 11) is 0. The van der Waals surface area contributed by atoms with E-state index < -0.39 is 0 Å². The van der Waals surface area contributed by atoms with E-state index >= 15 is 0 Å². The second-order valence-corrected chi connectivity index (χ2v) is 3.60. The van der Waals surface area contributed by atoms with E-state index in [2.05, 4.69) is 24.0 Å². The molecule has 1 atom stereocenters. The summed E-state index contributed by atoms with van der Waals surface area (Å²) in [4.78, 5) is 0. The molecule has 0 fully saturated rings. The van der Waals surface area contributed by atoms with Gasteiger partial charge in [0.2, 0.25) is 0 Å². The van der Waals surface area contributed by atoms with E-state index in [1.165, 1.54) is 0 Å². The summed E-state index contributed by atoms with van der Waals surface area (Å²) in [5.41, 5.74) is 5.85. The van der Waals surface area contributed by atoms with Crippen LogP contribution in [0.3, 0.4) is 0 Å². The van der Waals surface area contributed by atoms with Crippen LogP contribution >= 0.6 is 0 Å². The lowest BCUT2D eigenvalue weighted by Crippen LogP contribution is -2.07. The second kappa shape index (κ2) is 3.77. The summed E-state index contributed by atoms with van der Waals surface area (Å²) >= 11 is 0. The molecule has 4 heteroatoms. The van der Waals surface area contributed by atoms with Gasteiger partial charge < -0.3 is 5.73 Å². The van der Waals surface area contributed by atoms with Gasteiger partial charge in [0.15, 0.2) is 11.6 Å². The number of anilines is 1. The fraction of sp³-hybridized carbons (Fsp3) is 0.667. The molecule has 1 aromatic heterocycles. The number of rotatable bonds is 3. The van der Waals surface area contributed by atoms with Gasteiger partial charge in [0.25, 0.3) is 0 Å². The van der Waals surface area contributed by atoms with Crippen LogP contribution in [0.1, 0.15) is 38.8 Å². The van der Waals surface area contributed by atoms with Crippen LogP contribution in [0.2, 0.25) is 0 Å². The van der Waals surface area contributed by atoms with E-state index in [4.69, 9.17) is 5.73 Å². The molecule has 1 unspecified atom stereocenters. The predicted octanol–water partition coefficient (Wildman–Crippen LogP) is 2.28. The summed E-state index contributed by atoms with van der Waals surface area (Å²) in [6.45, 7) is 6.15. The summed E-state index contributed by atoms with van der Waals surface area (Å²) < 4.78 is 13.3. The molecule has 3 nitrogen and oxygen atoms in total. The maximum Gasteiger partial charge on any atom is 0.188 e. The van der Waals surface area contributed by atoms with Crippen LogP contribution in [0.5, 0.6) is 0 Å². The smallest absolute Gasteiger partial charge is 0.188 e. The van der Waals surface area contributed by atoms with E-state index in [-0.39, 0.29) is 17.6 Å². The molecule has 1 heterocycles. The van der Waals surface area contributed by atoms with Crippen molar-refractivity contribution in [1.29, 1.82) is 0 Å². The van der Waals surface area contributed by atoms with Crippen LogP contribution in [-0.4, -0.2) is 10.2 Å². The Morgan fingerprint density at radius 2 is 2.15 bits per heavy atom. The van der Waals surface area contributed by atoms with E-state index in [1.54, 1.807) is 0 Å². The van der Waals surface area contributed by atoms with Crippen molar-refractivity contribution in [3.8, 4) is 0 Å². The number of aromatic amines is 1. The molecular weight excluding hydrogens is 169 g/mol. The van der Waals surface area contributed by atoms with Crippen LogP contribution < -0.4 is 5.73 Å². The molecule has 0 aromatic carbocycles. The third kappa shape index (κ3) is 1.82. The first-order chi connectivity index (χ1) is 6.07. The number of nitrogens with two attached hydrogens (primary N) is 1. The molecule has 0 aliphatic rings. The molecule has 0 amide bonds. The Kier molecular flexibility index (Phi) is 2.90. The predicted molar refractivity (Wildman–Crippen MR) is 50.8 cm³/mol. The van der Waals surface area contributed by atoms with E-state index in [0.717, 1.165) is 6.42 Å². The molecule has 13 heavy (non-hydrogen) atoms. The molecule has 3 N–H and O–H groups in total. The van der Waals surface area contributed by atoms with Gasteiger partial charge in [0.1, 0.15) is 0 Å². The summed E-state index contributed by atoms with van der Waals surface area (Å²) in [5, 5.41) is 6.30. The highest BCUT2D eigenvalue weighted by atomic mass is 19.1. The number of aromatic nitrogens is 2. The highest BCUT2D eigenvalue weighted by molar-refractivity contribution is 5.33. The molecule has 74 valence electrons. The highest BCUT2D eigenvalue weighted by Crippen LogP contribution is 2.29. The maximum atomic E-state index is 13.3. The minimum atomic E-state index is -0.388. The van der Waals surface area contributed by atoms with Crippen molar-refractivity contribution in [2.45, 2.75) is 33.1 Å². The summed E-state index contributed by atoms with van der Waals surface area (Å²) in [6.07, 6.45) is 0.885. The Labute approximate surface area is 77.5 Å². The average molecular weight is 185 g/mol. The Hall–Kier alpha value is -1.06. The van der Waals surface area contributed by atoms with Crippen molar-refractivity contribution >= 4 is 5.82 Å². The molecule has 0 spiro atoms. The minimum absolute atomic E-state index is 0.0332. The fourth-order valence-electron chi connectivity index (χ4n) is 1.61. The molecule has 1 aromatic rings. The van der Waals surface area contributed by atoms with Crippen molar-refractivity contribution < 1.29 is 4.39 Å². The first-order valence-electron chi connectivity index (χ1n) is 4.57. The van der Waals surface area contributed by atoms with Crippen LogP contribution in [0.4, 0.5) is 10.2 Å². The van der Waals surface area contributed by atoms with Gasteiger partial charge in [-0.2, -0.15) is 5.10 Å². The lowest BCUT2D eigenvalue weighted by Gasteiger charge is -2.16. The Morgan fingerprint density at radius 3 is 2.46 bits per heavy atom. The van der Waals surface area contributed by atoms with Crippen LogP contribution in [0.25, 0.3) is 0 Å². The molecule has 0 saturated carbocycles. The van der Waals surface area contributed by atoms with Crippen LogP contribution in [0, 0.1) is 11.7 Å². The second-order valence-electron chi connectivity index (χ2n) is 3.60. The van der Waals surface area contributed by atoms with Crippen molar-refractivity contribution in [1.82, 2.24) is 10.2 Å². The van der Waals surface area contributed by atoms with Gasteiger partial charge in [-0.25, -0.2) is 4.39 Å². The van der Waals surface area contributed by atoms with Gasteiger partial charge in [-0.15, -0.1) is 0 Å². The number of nitrogen functional groups attached to an aromatic ring is 1. The topological polar surface area (TPSA) is 54.7 Å². The van der Waals surface area contributed by atoms with Crippen molar-refractivity contribution in [2.24, 2.45) is 5.92 Å². The standard InChI is InChI=1S/C9H16FN3/c1-4-6(5(2)3)8-7(10)9(11)13-12-8/h5-6H,4H2,1-3H3,(H3,11,12,13).